The molecule has 9 heteroatoms. The minimum atomic E-state index is -0.327. The Hall–Kier alpha value is -5.67. The van der Waals surface area contributed by atoms with Crippen LogP contribution in [0.15, 0.2) is 121 Å². The second-order valence-electron chi connectivity index (χ2n) is 10.9. The Morgan fingerprint density at radius 1 is 0.674 bits per heavy atom. The number of para-hydroxylation sites is 2. The minimum absolute atomic E-state index is 0.322. The van der Waals surface area contributed by atoms with Crippen LogP contribution >= 0.6 is 0 Å². The summed E-state index contributed by atoms with van der Waals surface area (Å²) in [6.07, 6.45) is 1.47. The van der Waals surface area contributed by atoms with Crippen molar-refractivity contribution in [2.24, 2.45) is 0 Å². The highest BCUT2D eigenvalue weighted by Crippen LogP contribution is 2.29. The molecule has 6 aromatic rings. The second-order valence-corrected chi connectivity index (χ2v) is 10.9. The topological polar surface area (TPSA) is 119 Å². The van der Waals surface area contributed by atoms with Crippen molar-refractivity contribution in [1.82, 2.24) is 30.6 Å². The summed E-state index contributed by atoms with van der Waals surface area (Å²) in [7, 11) is 0. The number of carbonyl (C=O) groups is 1. The van der Waals surface area contributed by atoms with Gasteiger partial charge in [0.1, 0.15) is 11.5 Å². The minimum Gasteiger partial charge on any atom is -0.508 e. The van der Waals surface area contributed by atoms with Crippen LogP contribution in [0.4, 0.5) is 4.79 Å². The van der Waals surface area contributed by atoms with Crippen LogP contribution < -0.4 is 10.1 Å². The number of aromatic nitrogens is 4. The summed E-state index contributed by atoms with van der Waals surface area (Å²) in [6, 6.07) is 38.2. The first-order valence-electron chi connectivity index (χ1n) is 15.4. The second kappa shape index (κ2) is 14.9. The molecule has 4 aromatic carbocycles. The number of rotatable bonds is 3. The van der Waals surface area contributed by atoms with Crippen molar-refractivity contribution in [2.75, 3.05) is 13.1 Å². The Balaban J connectivity index is 0.000000142. The van der Waals surface area contributed by atoms with E-state index in [9.17, 15) is 4.79 Å². The lowest BCUT2D eigenvalue weighted by molar-refractivity contribution is 0.147. The van der Waals surface area contributed by atoms with Gasteiger partial charge < -0.3 is 20.1 Å². The van der Waals surface area contributed by atoms with Crippen LogP contribution in [0, 0.1) is 0 Å². The lowest BCUT2D eigenvalue weighted by Gasteiger charge is -2.26. The van der Waals surface area contributed by atoms with Crippen molar-refractivity contribution in [3.63, 3.8) is 0 Å². The van der Waals surface area contributed by atoms with Crippen molar-refractivity contribution >= 4 is 6.09 Å². The van der Waals surface area contributed by atoms with Gasteiger partial charge >= 0.3 is 6.09 Å². The van der Waals surface area contributed by atoms with Gasteiger partial charge in [-0.05, 0) is 24.3 Å². The number of hydrogen-bond donors (Lipinski definition) is 4. The molecule has 0 atom stereocenters. The molecule has 4 heterocycles. The third-order valence-corrected chi connectivity index (χ3v) is 7.80. The Kier molecular flexibility index (Phi) is 9.82. The third kappa shape index (κ3) is 7.51. The number of phenolic OH excluding ortho intramolecular Hbond substituents is 1. The van der Waals surface area contributed by atoms with Crippen molar-refractivity contribution in [3.05, 3.63) is 144 Å². The summed E-state index contributed by atoms with van der Waals surface area (Å²) in [4.78, 5) is 14.1. The predicted octanol–water partition coefficient (Wildman–Crippen LogP) is 6.75. The third-order valence-electron chi connectivity index (χ3n) is 7.80. The van der Waals surface area contributed by atoms with Crippen LogP contribution in [0.25, 0.3) is 22.5 Å². The molecule has 232 valence electrons. The molecule has 8 rings (SSSR count). The molecule has 0 saturated carbocycles. The van der Waals surface area contributed by atoms with Gasteiger partial charge in [-0.3, -0.25) is 10.2 Å². The molecule has 9 nitrogen and oxygen atoms in total. The molecule has 1 amide bonds. The van der Waals surface area contributed by atoms with Crippen LogP contribution in [0.2, 0.25) is 0 Å². The lowest BCUT2D eigenvalue weighted by Crippen LogP contribution is -2.37. The fraction of sp³-hybridized carbons (Fsp3) is 0.162. The number of nitrogens with zero attached hydrogens (tertiary/aromatic N) is 3. The van der Waals surface area contributed by atoms with Crippen LogP contribution in [0.1, 0.15) is 22.5 Å². The number of amides is 1. The molecule has 0 fully saturated rings. The number of phenols is 1. The zero-order valence-electron chi connectivity index (χ0n) is 25.4. The maximum atomic E-state index is 12.4. The Morgan fingerprint density at radius 3 is 1.76 bits per heavy atom. The molecule has 2 aromatic heterocycles. The molecule has 46 heavy (non-hydrogen) atoms. The highest BCUT2D eigenvalue weighted by Gasteiger charge is 2.27. The van der Waals surface area contributed by atoms with Gasteiger partial charge in [0, 0.05) is 66.1 Å². The fourth-order valence-electron chi connectivity index (χ4n) is 5.43. The Bertz CT molecular complexity index is 1820. The van der Waals surface area contributed by atoms with Crippen LogP contribution in [-0.4, -0.2) is 49.6 Å². The van der Waals surface area contributed by atoms with E-state index in [-0.39, 0.29) is 6.09 Å². The van der Waals surface area contributed by atoms with Crippen molar-refractivity contribution in [2.45, 2.75) is 25.9 Å². The number of aromatic amines is 2. The largest absolute Gasteiger partial charge is 0.508 e. The van der Waals surface area contributed by atoms with Gasteiger partial charge in [0.05, 0.1) is 17.9 Å². The van der Waals surface area contributed by atoms with Gasteiger partial charge in [-0.15, -0.1) is 0 Å². The summed E-state index contributed by atoms with van der Waals surface area (Å²) in [5.74, 6) is 0.881. The average Bonchev–Trinajstić information content (AvgIpc) is 3.75. The number of aromatic hydroxyl groups is 1. The number of nitrogens with one attached hydrogen (secondary N) is 3. The molecule has 0 radical (unpaired) electrons. The van der Waals surface area contributed by atoms with E-state index in [4.69, 9.17) is 9.84 Å². The Labute approximate surface area is 267 Å². The molecule has 2 aliphatic heterocycles. The van der Waals surface area contributed by atoms with Gasteiger partial charge in [-0.1, -0.05) is 97.1 Å². The first kappa shape index (κ1) is 30.4. The molecule has 0 spiro atoms. The zero-order chi connectivity index (χ0) is 31.6. The van der Waals surface area contributed by atoms with Crippen LogP contribution in [0.3, 0.4) is 0 Å². The van der Waals surface area contributed by atoms with Crippen LogP contribution in [-0.2, 0) is 25.9 Å². The fourth-order valence-corrected chi connectivity index (χ4v) is 5.43. The molecule has 0 bridgehead atoms. The molecule has 2 aliphatic rings. The molecule has 4 N–H and O–H groups in total. The average molecular weight is 613 g/mol. The monoisotopic (exact) mass is 612 g/mol. The van der Waals surface area contributed by atoms with E-state index < -0.39 is 0 Å². The van der Waals surface area contributed by atoms with E-state index in [2.05, 4.69) is 37.8 Å². The van der Waals surface area contributed by atoms with Crippen molar-refractivity contribution < 1.29 is 14.6 Å². The summed E-state index contributed by atoms with van der Waals surface area (Å²) in [5.41, 5.74) is 9.02. The van der Waals surface area contributed by atoms with Gasteiger partial charge in [-0.25, -0.2) is 4.79 Å². The van der Waals surface area contributed by atoms with E-state index in [0.717, 1.165) is 54.1 Å². The number of ether oxygens (including phenoxy) is 1. The van der Waals surface area contributed by atoms with E-state index in [1.54, 1.807) is 41.3 Å². The molecule has 0 unspecified atom stereocenters. The maximum absolute atomic E-state index is 12.4. The van der Waals surface area contributed by atoms with Gasteiger partial charge in [0.25, 0.3) is 0 Å². The Morgan fingerprint density at radius 2 is 1.20 bits per heavy atom. The standard InChI is InChI=1S/C19H17N3O2.C12H13N3.C6H6O/c23-19(24-15-9-5-2-6-10-15)22-12-11-17-16(13-22)18(21-20-17)14-7-3-1-4-8-14;1-2-4-9(5-3-1)12-10-8-13-7-6-11(10)14-15-12;7-6-4-2-1-3-5-6/h1-10H,11-13H2,(H,20,21);1-5,13H,6-8H2,(H,14,15);1-5,7H. The number of fused-ring (bicyclic) bond motifs is 2. The van der Waals surface area contributed by atoms with Crippen LogP contribution in [0.5, 0.6) is 11.5 Å². The zero-order valence-corrected chi connectivity index (χ0v) is 25.4. The number of H-pyrrole nitrogens is 2. The normalized spacial score (nSPS) is 13.2. The molecule has 0 saturated heterocycles. The molecule has 0 aliphatic carbocycles. The number of hydrogen-bond acceptors (Lipinski definition) is 6. The highest BCUT2D eigenvalue weighted by molar-refractivity contribution is 5.72. The summed E-state index contributed by atoms with van der Waals surface area (Å²) >= 11 is 0. The van der Waals surface area contributed by atoms with E-state index in [0.29, 0.717) is 24.6 Å². The summed E-state index contributed by atoms with van der Waals surface area (Å²) in [5, 5.41) is 27.1. The number of benzene rings is 4. The highest BCUT2D eigenvalue weighted by atomic mass is 16.6. The quantitative estimate of drug-likeness (QED) is 0.176. The molecular formula is C37H36N6O3. The van der Waals surface area contributed by atoms with E-state index in [1.165, 1.54) is 16.8 Å². The SMILES string of the molecule is O=C(Oc1ccccc1)N1CCc2[nH]nc(-c3ccccc3)c2C1.Oc1ccccc1.c1ccc(-c2n[nH]c3c2CNCC3)cc1. The van der Waals surface area contributed by atoms with Gasteiger partial charge in [-0.2, -0.15) is 10.2 Å². The van der Waals surface area contributed by atoms with Crippen molar-refractivity contribution in [1.29, 1.82) is 0 Å². The van der Waals surface area contributed by atoms with Gasteiger partial charge in [0.15, 0.2) is 0 Å². The van der Waals surface area contributed by atoms with Gasteiger partial charge in [0.2, 0.25) is 0 Å². The summed E-state index contributed by atoms with van der Waals surface area (Å²) < 4.78 is 5.45. The van der Waals surface area contributed by atoms with Crippen molar-refractivity contribution in [3.8, 4) is 34.0 Å². The van der Waals surface area contributed by atoms with E-state index >= 15 is 0 Å². The summed E-state index contributed by atoms with van der Waals surface area (Å²) in [6.45, 7) is 3.09. The lowest BCUT2D eigenvalue weighted by atomic mass is 10.0. The first-order valence-corrected chi connectivity index (χ1v) is 15.4. The number of carbonyl (C=O) groups excluding carboxylic acids is 1. The first-order chi connectivity index (χ1) is 22.7. The smallest absolute Gasteiger partial charge is 0.415 e. The predicted molar refractivity (Wildman–Crippen MR) is 178 cm³/mol. The molecular weight excluding hydrogens is 576 g/mol. The van der Waals surface area contributed by atoms with E-state index in [1.807, 2.05) is 72.8 Å². The maximum Gasteiger partial charge on any atom is 0.415 e.